The van der Waals surface area contributed by atoms with Gasteiger partial charge >= 0.3 is 0 Å². The number of nitrogens with one attached hydrogen (secondary N) is 1. The number of ether oxygens (including phenoxy) is 3. The summed E-state index contributed by atoms with van der Waals surface area (Å²) in [6, 6.07) is 4.23. The molecule has 1 N–H and O–H groups in total. The Morgan fingerprint density at radius 2 is 1.95 bits per heavy atom. The molecule has 0 radical (unpaired) electrons. The maximum absolute atomic E-state index is 5.88. The molecule has 0 aliphatic carbocycles. The number of hydrogen-bond donors (Lipinski definition) is 1. The van der Waals surface area contributed by atoms with E-state index in [0.717, 1.165) is 36.8 Å². The van der Waals surface area contributed by atoms with Crippen molar-refractivity contribution >= 4 is 0 Å². The van der Waals surface area contributed by atoms with Crippen LogP contribution in [0.15, 0.2) is 12.1 Å². The highest BCUT2D eigenvalue weighted by atomic mass is 16.5. The summed E-state index contributed by atoms with van der Waals surface area (Å²) in [6.45, 7) is 8.99. The van der Waals surface area contributed by atoms with Gasteiger partial charge < -0.3 is 19.5 Å². The normalized spacial score (nSPS) is 19.8. The first kappa shape index (κ1) is 15.1. The highest BCUT2D eigenvalue weighted by Gasteiger charge is 2.26. The minimum atomic E-state index is 0.00917. The summed E-state index contributed by atoms with van der Waals surface area (Å²) in [4.78, 5) is 0. The first-order valence-corrected chi connectivity index (χ1v) is 7.06. The molecule has 1 unspecified atom stereocenters. The Labute approximate surface area is 121 Å². The Hall–Kier alpha value is -1.26. The van der Waals surface area contributed by atoms with Crippen LogP contribution in [0, 0.1) is 0 Å². The molecule has 20 heavy (non-hydrogen) atoms. The molecular weight excluding hydrogens is 254 g/mol. The van der Waals surface area contributed by atoms with E-state index in [1.165, 1.54) is 5.56 Å². The van der Waals surface area contributed by atoms with Crippen molar-refractivity contribution in [1.82, 2.24) is 5.32 Å². The summed E-state index contributed by atoms with van der Waals surface area (Å²) < 4.78 is 16.9. The van der Waals surface area contributed by atoms with Crippen LogP contribution < -0.4 is 14.8 Å². The molecule has 1 aliphatic heterocycles. The minimum absolute atomic E-state index is 0.00917. The Balaban J connectivity index is 2.50. The van der Waals surface area contributed by atoms with Crippen molar-refractivity contribution in [2.24, 2.45) is 0 Å². The van der Waals surface area contributed by atoms with E-state index in [2.05, 4.69) is 38.2 Å². The van der Waals surface area contributed by atoms with Crippen molar-refractivity contribution in [3.05, 3.63) is 23.3 Å². The van der Waals surface area contributed by atoms with Gasteiger partial charge in [-0.1, -0.05) is 20.8 Å². The molecule has 1 aromatic rings. The van der Waals surface area contributed by atoms with Crippen LogP contribution >= 0.6 is 0 Å². The van der Waals surface area contributed by atoms with Gasteiger partial charge in [0.1, 0.15) is 0 Å². The van der Waals surface area contributed by atoms with Crippen molar-refractivity contribution in [2.45, 2.75) is 32.3 Å². The van der Waals surface area contributed by atoms with E-state index in [-0.39, 0.29) is 11.5 Å². The maximum atomic E-state index is 5.88. The van der Waals surface area contributed by atoms with E-state index >= 15 is 0 Å². The molecule has 0 spiro atoms. The second-order valence-electron chi connectivity index (χ2n) is 6.11. The van der Waals surface area contributed by atoms with E-state index in [0.29, 0.717) is 0 Å². The zero-order valence-electron chi connectivity index (χ0n) is 13.1. The molecule has 0 amide bonds. The largest absolute Gasteiger partial charge is 0.493 e. The molecule has 4 nitrogen and oxygen atoms in total. The molecule has 1 heterocycles. The summed E-state index contributed by atoms with van der Waals surface area (Å²) in [5.74, 6) is 1.54. The van der Waals surface area contributed by atoms with E-state index in [1.807, 2.05) is 0 Å². The van der Waals surface area contributed by atoms with Crippen molar-refractivity contribution in [1.29, 1.82) is 0 Å². The molecule has 1 atom stereocenters. The van der Waals surface area contributed by atoms with Crippen LogP contribution in [0.25, 0.3) is 0 Å². The molecule has 1 saturated heterocycles. The molecule has 1 aliphatic rings. The lowest BCUT2D eigenvalue weighted by atomic mass is 9.85. The third kappa shape index (κ3) is 3.07. The number of morpholine rings is 1. The lowest BCUT2D eigenvalue weighted by Gasteiger charge is -2.28. The van der Waals surface area contributed by atoms with E-state index in [9.17, 15) is 0 Å². The fraction of sp³-hybridized carbons (Fsp3) is 0.625. The number of methoxy groups -OCH3 is 2. The third-order valence-corrected chi connectivity index (χ3v) is 3.65. The number of hydrogen-bond acceptors (Lipinski definition) is 4. The summed E-state index contributed by atoms with van der Waals surface area (Å²) in [5.41, 5.74) is 2.33. The van der Waals surface area contributed by atoms with Crippen molar-refractivity contribution < 1.29 is 14.2 Å². The summed E-state index contributed by atoms with van der Waals surface area (Å²) in [7, 11) is 3.35. The van der Waals surface area contributed by atoms with E-state index in [1.54, 1.807) is 14.2 Å². The van der Waals surface area contributed by atoms with Gasteiger partial charge in [0, 0.05) is 18.7 Å². The SMILES string of the molecule is COc1cc(C(C)(C)C)cc(C2CNCCO2)c1OC. The molecule has 0 bridgehead atoms. The Morgan fingerprint density at radius 1 is 1.20 bits per heavy atom. The highest BCUT2D eigenvalue weighted by molar-refractivity contribution is 5.52. The van der Waals surface area contributed by atoms with Crippen LogP contribution in [0.5, 0.6) is 11.5 Å². The lowest BCUT2D eigenvalue weighted by molar-refractivity contribution is 0.0260. The predicted octanol–water partition coefficient (Wildman–Crippen LogP) is 2.66. The maximum Gasteiger partial charge on any atom is 0.166 e. The topological polar surface area (TPSA) is 39.7 Å². The molecule has 0 saturated carbocycles. The van der Waals surface area contributed by atoms with E-state index in [4.69, 9.17) is 14.2 Å². The Bertz CT molecular complexity index is 460. The van der Waals surface area contributed by atoms with Crippen molar-refractivity contribution in [3.63, 3.8) is 0 Å². The third-order valence-electron chi connectivity index (χ3n) is 3.65. The number of benzene rings is 1. The molecule has 1 fully saturated rings. The van der Waals surface area contributed by atoms with Gasteiger partial charge in [0.2, 0.25) is 0 Å². The van der Waals surface area contributed by atoms with Crippen LogP contribution in [0.2, 0.25) is 0 Å². The number of rotatable bonds is 3. The minimum Gasteiger partial charge on any atom is -0.493 e. The fourth-order valence-electron chi connectivity index (χ4n) is 2.43. The molecular formula is C16H25NO3. The van der Waals surface area contributed by atoms with Crippen molar-refractivity contribution in [2.75, 3.05) is 33.9 Å². The second-order valence-corrected chi connectivity index (χ2v) is 6.11. The molecule has 0 aromatic heterocycles. The molecule has 4 heteroatoms. The zero-order valence-corrected chi connectivity index (χ0v) is 13.1. The molecule has 1 aromatic carbocycles. The zero-order chi connectivity index (χ0) is 14.8. The smallest absolute Gasteiger partial charge is 0.166 e. The van der Waals surface area contributed by atoms with Gasteiger partial charge in [0.25, 0.3) is 0 Å². The van der Waals surface area contributed by atoms with Gasteiger partial charge in [-0.05, 0) is 23.1 Å². The van der Waals surface area contributed by atoms with Crippen LogP contribution in [0.4, 0.5) is 0 Å². The summed E-state index contributed by atoms with van der Waals surface area (Å²) >= 11 is 0. The van der Waals surface area contributed by atoms with Gasteiger partial charge in [0.05, 0.1) is 26.9 Å². The first-order valence-electron chi connectivity index (χ1n) is 7.06. The van der Waals surface area contributed by atoms with Crippen molar-refractivity contribution in [3.8, 4) is 11.5 Å². The summed E-state index contributed by atoms with van der Waals surface area (Å²) in [6.07, 6.45) is 0.00917. The lowest BCUT2D eigenvalue weighted by Crippen LogP contribution is -2.33. The second kappa shape index (κ2) is 6.02. The van der Waals surface area contributed by atoms with Crippen LogP contribution in [0.3, 0.4) is 0 Å². The highest BCUT2D eigenvalue weighted by Crippen LogP contribution is 2.40. The van der Waals surface area contributed by atoms with Crippen LogP contribution in [0.1, 0.15) is 38.0 Å². The molecule has 112 valence electrons. The molecule has 2 rings (SSSR count). The standard InChI is InChI=1S/C16H25NO3/c1-16(2,3)11-8-12(14-10-17-6-7-20-14)15(19-5)13(9-11)18-4/h8-9,14,17H,6-7,10H2,1-5H3. The van der Waals surface area contributed by atoms with Gasteiger partial charge in [-0.25, -0.2) is 0 Å². The first-order chi connectivity index (χ1) is 9.47. The summed E-state index contributed by atoms with van der Waals surface area (Å²) in [5, 5.41) is 3.36. The predicted molar refractivity (Wildman–Crippen MR) is 79.8 cm³/mol. The average Bonchev–Trinajstić information content (AvgIpc) is 2.45. The van der Waals surface area contributed by atoms with Gasteiger partial charge in [-0.15, -0.1) is 0 Å². The van der Waals surface area contributed by atoms with E-state index < -0.39 is 0 Å². The Morgan fingerprint density at radius 3 is 2.45 bits per heavy atom. The monoisotopic (exact) mass is 279 g/mol. The van der Waals surface area contributed by atoms with Crippen LogP contribution in [-0.4, -0.2) is 33.9 Å². The Kier molecular flexibility index (Phi) is 4.55. The van der Waals surface area contributed by atoms with Gasteiger partial charge in [0.15, 0.2) is 11.5 Å². The average molecular weight is 279 g/mol. The fourth-order valence-corrected chi connectivity index (χ4v) is 2.43. The van der Waals surface area contributed by atoms with Gasteiger partial charge in [-0.3, -0.25) is 0 Å². The quantitative estimate of drug-likeness (QED) is 0.923. The van der Waals surface area contributed by atoms with Gasteiger partial charge in [-0.2, -0.15) is 0 Å². The van der Waals surface area contributed by atoms with Crippen LogP contribution in [-0.2, 0) is 10.2 Å².